The summed E-state index contributed by atoms with van der Waals surface area (Å²) >= 11 is 6.13. The first-order valence-electron chi connectivity index (χ1n) is 6.63. The van der Waals surface area contributed by atoms with Crippen LogP contribution in [0, 0.1) is 23.1 Å². The SMILES string of the molecule is CC(C)C(=O)Oc1c(Cl)cc(C#N)cc1-c1cccc(F)c1. The van der Waals surface area contributed by atoms with Crippen molar-refractivity contribution in [1.29, 1.82) is 5.26 Å². The molecule has 0 unspecified atom stereocenters. The molecule has 0 fully saturated rings. The minimum Gasteiger partial charge on any atom is -0.424 e. The first kappa shape index (κ1) is 16.0. The van der Waals surface area contributed by atoms with Gasteiger partial charge in [0.1, 0.15) is 5.82 Å². The number of hydrogen-bond donors (Lipinski definition) is 0. The Morgan fingerprint density at radius 3 is 2.64 bits per heavy atom. The van der Waals surface area contributed by atoms with Crippen molar-refractivity contribution in [2.75, 3.05) is 0 Å². The average molecular weight is 318 g/mol. The summed E-state index contributed by atoms with van der Waals surface area (Å²) in [6.07, 6.45) is 0. The van der Waals surface area contributed by atoms with Crippen LogP contribution in [0.1, 0.15) is 19.4 Å². The molecule has 0 heterocycles. The summed E-state index contributed by atoms with van der Waals surface area (Å²) in [5.74, 6) is -1.10. The number of hydrogen-bond acceptors (Lipinski definition) is 3. The summed E-state index contributed by atoms with van der Waals surface area (Å²) < 4.78 is 18.8. The van der Waals surface area contributed by atoms with Crippen LogP contribution in [0.25, 0.3) is 11.1 Å². The van der Waals surface area contributed by atoms with Gasteiger partial charge in [0.2, 0.25) is 0 Å². The van der Waals surface area contributed by atoms with Crippen molar-refractivity contribution in [2.45, 2.75) is 13.8 Å². The van der Waals surface area contributed by atoms with E-state index in [2.05, 4.69) is 0 Å². The highest BCUT2D eigenvalue weighted by molar-refractivity contribution is 6.32. The Hall–Kier alpha value is -2.38. The summed E-state index contributed by atoms with van der Waals surface area (Å²) in [4.78, 5) is 11.8. The normalized spacial score (nSPS) is 10.4. The zero-order valence-electron chi connectivity index (χ0n) is 12.1. The number of benzene rings is 2. The first-order chi connectivity index (χ1) is 10.4. The Kier molecular flexibility index (Phi) is 4.79. The molecule has 0 aliphatic heterocycles. The summed E-state index contributed by atoms with van der Waals surface area (Å²) in [5, 5.41) is 9.19. The van der Waals surface area contributed by atoms with Gasteiger partial charge in [-0.3, -0.25) is 4.79 Å². The Balaban J connectivity index is 2.61. The van der Waals surface area contributed by atoms with Crippen LogP contribution in [-0.4, -0.2) is 5.97 Å². The van der Waals surface area contributed by atoms with E-state index in [1.807, 2.05) is 6.07 Å². The van der Waals surface area contributed by atoms with Crippen molar-refractivity contribution >= 4 is 17.6 Å². The van der Waals surface area contributed by atoms with Crippen molar-refractivity contribution in [3.05, 3.63) is 52.8 Å². The largest absolute Gasteiger partial charge is 0.424 e. The van der Waals surface area contributed by atoms with Gasteiger partial charge in [-0.15, -0.1) is 0 Å². The molecule has 2 aromatic rings. The molecular weight excluding hydrogens is 305 g/mol. The molecule has 5 heteroatoms. The van der Waals surface area contributed by atoms with E-state index in [1.54, 1.807) is 19.9 Å². The number of nitrogens with zero attached hydrogens (tertiary/aromatic N) is 1. The molecular formula is C17H13ClFNO2. The lowest BCUT2D eigenvalue weighted by atomic mass is 10.0. The Bertz CT molecular complexity index is 766. The monoisotopic (exact) mass is 317 g/mol. The Morgan fingerprint density at radius 2 is 2.05 bits per heavy atom. The number of halogens is 2. The quantitative estimate of drug-likeness (QED) is 0.615. The van der Waals surface area contributed by atoms with Crippen molar-refractivity contribution in [1.82, 2.24) is 0 Å². The molecule has 0 aliphatic rings. The van der Waals surface area contributed by atoms with E-state index in [9.17, 15) is 9.18 Å². The third kappa shape index (κ3) is 3.44. The highest BCUT2D eigenvalue weighted by atomic mass is 35.5. The van der Waals surface area contributed by atoms with Gasteiger partial charge in [0.15, 0.2) is 5.75 Å². The van der Waals surface area contributed by atoms with E-state index in [-0.39, 0.29) is 16.7 Å². The predicted molar refractivity (Wildman–Crippen MR) is 82.0 cm³/mol. The van der Waals surface area contributed by atoms with Crippen LogP contribution in [-0.2, 0) is 4.79 Å². The van der Waals surface area contributed by atoms with Gasteiger partial charge in [-0.2, -0.15) is 5.26 Å². The van der Waals surface area contributed by atoms with Crippen LogP contribution in [0.2, 0.25) is 5.02 Å². The lowest BCUT2D eigenvalue weighted by Gasteiger charge is -2.14. The van der Waals surface area contributed by atoms with E-state index >= 15 is 0 Å². The third-order valence-electron chi connectivity index (χ3n) is 2.98. The lowest BCUT2D eigenvalue weighted by Crippen LogP contribution is -2.15. The molecule has 0 saturated heterocycles. The maximum atomic E-state index is 13.5. The van der Waals surface area contributed by atoms with E-state index in [4.69, 9.17) is 21.6 Å². The second kappa shape index (κ2) is 6.59. The minimum absolute atomic E-state index is 0.130. The van der Waals surface area contributed by atoms with Crippen molar-refractivity contribution in [3.8, 4) is 22.9 Å². The van der Waals surface area contributed by atoms with Crippen LogP contribution >= 0.6 is 11.6 Å². The molecule has 0 spiro atoms. The number of esters is 1. The maximum Gasteiger partial charge on any atom is 0.313 e. The fraction of sp³-hybridized carbons (Fsp3) is 0.176. The van der Waals surface area contributed by atoms with Crippen molar-refractivity contribution in [3.63, 3.8) is 0 Å². The van der Waals surface area contributed by atoms with Crippen LogP contribution < -0.4 is 4.74 Å². The van der Waals surface area contributed by atoms with Gasteiger partial charge in [0.25, 0.3) is 0 Å². The standard InChI is InChI=1S/C17H13ClFNO2/c1-10(2)17(21)22-16-14(6-11(9-20)7-15(16)18)12-4-3-5-13(19)8-12/h3-8,10H,1-2H3. The maximum absolute atomic E-state index is 13.5. The molecule has 3 nitrogen and oxygen atoms in total. The number of nitriles is 1. The fourth-order valence-corrected chi connectivity index (χ4v) is 2.11. The zero-order chi connectivity index (χ0) is 16.3. The molecule has 112 valence electrons. The number of ether oxygens (including phenoxy) is 1. The van der Waals surface area contributed by atoms with Crippen molar-refractivity contribution in [2.24, 2.45) is 5.92 Å². The highest BCUT2D eigenvalue weighted by Gasteiger charge is 2.18. The van der Waals surface area contributed by atoms with E-state index < -0.39 is 11.8 Å². The molecule has 0 atom stereocenters. The molecule has 0 bridgehead atoms. The molecule has 0 aliphatic carbocycles. The summed E-state index contributed by atoms with van der Waals surface area (Å²) in [5.41, 5.74) is 1.18. The Morgan fingerprint density at radius 1 is 1.32 bits per heavy atom. The Labute approximate surface area is 132 Å². The van der Waals surface area contributed by atoms with Crippen LogP contribution in [0.4, 0.5) is 4.39 Å². The van der Waals surface area contributed by atoms with Gasteiger partial charge in [-0.05, 0) is 29.8 Å². The molecule has 0 aromatic heterocycles. The van der Waals surface area contributed by atoms with Gasteiger partial charge in [-0.1, -0.05) is 37.6 Å². The van der Waals surface area contributed by atoms with Crippen LogP contribution in [0.5, 0.6) is 5.75 Å². The number of rotatable bonds is 3. The fourth-order valence-electron chi connectivity index (χ4n) is 1.85. The molecule has 22 heavy (non-hydrogen) atoms. The first-order valence-corrected chi connectivity index (χ1v) is 7.01. The lowest BCUT2D eigenvalue weighted by molar-refractivity contribution is -0.137. The summed E-state index contributed by atoms with van der Waals surface area (Å²) in [6, 6.07) is 10.7. The van der Waals surface area contributed by atoms with Gasteiger partial charge in [0, 0.05) is 5.56 Å². The van der Waals surface area contributed by atoms with Crippen molar-refractivity contribution < 1.29 is 13.9 Å². The number of carbonyl (C=O) groups is 1. The van der Waals surface area contributed by atoms with E-state index in [1.165, 1.54) is 30.3 Å². The minimum atomic E-state index is -0.454. The molecule has 0 amide bonds. The molecule has 2 aromatic carbocycles. The second-order valence-corrected chi connectivity index (χ2v) is 5.44. The molecule has 0 saturated carbocycles. The van der Waals surface area contributed by atoms with Crippen LogP contribution in [0.3, 0.4) is 0 Å². The molecule has 0 radical (unpaired) electrons. The van der Waals surface area contributed by atoms with Gasteiger partial charge >= 0.3 is 5.97 Å². The third-order valence-corrected chi connectivity index (χ3v) is 3.26. The number of carbonyl (C=O) groups excluding carboxylic acids is 1. The van der Waals surface area contributed by atoms with Gasteiger partial charge in [-0.25, -0.2) is 4.39 Å². The smallest absolute Gasteiger partial charge is 0.313 e. The molecule has 0 N–H and O–H groups in total. The highest BCUT2D eigenvalue weighted by Crippen LogP contribution is 2.38. The van der Waals surface area contributed by atoms with E-state index in [0.717, 1.165) is 0 Å². The van der Waals surface area contributed by atoms with Crippen LogP contribution in [0.15, 0.2) is 36.4 Å². The second-order valence-electron chi connectivity index (χ2n) is 5.03. The van der Waals surface area contributed by atoms with E-state index in [0.29, 0.717) is 16.7 Å². The predicted octanol–water partition coefficient (Wildman–Crippen LogP) is 4.58. The zero-order valence-corrected chi connectivity index (χ0v) is 12.8. The molecule has 2 rings (SSSR count). The topological polar surface area (TPSA) is 50.1 Å². The average Bonchev–Trinajstić information content (AvgIpc) is 2.48. The van der Waals surface area contributed by atoms with Gasteiger partial charge < -0.3 is 4.74 Å². The summed E-state index contributed by atoms with van der Waals surface area (Å²) in [7, 11) is 0. The summed E-state index contributed by atoms with van der Waals surface area (Å²) in [6.45, 7) is 3.39. The van der Waals surface area contributed by atoms with Gasteiger partial charge in [0.05, 0.1) is 22.6 Å².